The van der Waals surface area contributed by atoms with Crippen LogP contribution < -0.4 is 0 Å². The van der Waals surface area contributed by atoms with E-state index in [1.165, 1.54) is 0 Å². The first-order valence-corrected chi connectivity index (χ1v) is 6.81. The average molecular weight is 292 g/mol. The lowest BCUT2D eigenvalue weighted by molar-refractivity contribution is -0.131. The van der Waals surface area contributed by atoms with E-state index in [1.54, 1.807) is 0 Å². The standard InChI is InChI=1S/C3H8O7S2.C3H4O2/c1-3(2-11(4,5)6)10-12(7,8)9;1-2-3(4)5/h3H,2H2,1H3,(H,4,5,6)(H,7,8,9);2H,1H2,(H,4,5). The molecular formula is C6H12O9S2. The van der Waals surface area contributed by atoms with Gasteiger partial charge in [-0.1, -0.05) is 6.58 Å². The fourth-order valence-electron chi connectivity index (χ4n) is 0.532. The van der Waals surface area contributed by atoms with Gasteiger partial charge in [-0.05, 0) is 6.92 Å². The summed E-state index contributed by atoms with van der Waals surface area (Å²) in [5.74, 6) is -1.88. The number of hydrogen-bond donors (Lipinski definition) is 3. The van der Waals surface area contributed by atoms with E-state index in [2.05, 4.69) is 10.8 Å². The van der Waals surface area contributed by atoms with E-state index in [4.69, 9.17) is 14.2 Å². The molecule has 0 radical (unpaired) electrons. The van der Waals surface area contributed by atoms with Crippen molar-refractivity contribution in [3.63, 3.8) is 0 Å². The smallest absolute Gasteiger partial charge is 0.397 e. The first-order valence-electron chi connectivity index (χ1n) is 3.83. The highest BCUT2D eigenvalue weighted by molar-refractivity contribution is 7.85. The minimum absolute atomic E-state index is 0.833. The van der Waals surface area contributed by atoms with Crippen LogP contribution in [0.1, 0.15) is 6.92 Å². The molecule has 0 heterocycles. The van der Waals surface area contributed by atoms with Gasteiger partial charge in [-0.25, -0.2) is 8.98 Å². The van der Waals surface area contributed by atoms with Crippen LogP contribution in [0.5, 0.6) is 0 Å². The Balaban J connectivity index is 0. The van der Waals surface area contributed by atoms with Gasteiger partial charge in [0.2, 0.25) is 0 Å². The van der Waals surface area contributed by atoms with Crippen molar-refractivity contribution in [2.75, 3.05) is 5.75 Å². The highest BCUT2D eigenvalue weighted by atomic mass is 32.3. The Hall–Kier alpha value is -1.01. The van der Waals surface area contributed by atoms with Crippen molar-refractivity contribution in [2.24, 2.45) is 0 Å². The molecule has 1 atom stereocenters. The molecule has 0 aromatic carbocycles. The van der Waals surface area contributed by atoms with E-state index < -0.39 is 38.3 Å². The summed E-state index contributed by atoms with van der Waals surface area (Å²) in [7, 11) is -8.97. The Bertz CT molecular complexity index is 412. The van der Waals surface area contributed by atoms with E-state index in [0.29, 0.717) is 0 Å². The monoisotopic (exact) mass is 292 g/mol. The maximum absolute atomic E-state index is 10.1. The van der Waals surface area contributed by atoms with Crippen molar-refractivity contribution in [1.29, 1.82) is 0 Å². The molecule has 0 spiro atoms. The Morgan fingerprint density at radius 3 is 1.88 bits per heavy atom. The lowest BCUT2D eigenvalue weighted by Crippen LogP contribution is -2.23. The molecule has 0 aliphatic heterocycles. The van der Waals surface area contributed by atoms with Gasteiger partial charge in [0.05, 0.1) is 6.10 Å². The van der Waals surface area contributed by atoms with Gasteiger partial charge < -0.3 is 5.11 Å². The van der Waals surface area contributed by atoms with Crippen LogP contribution in [0, 0.1) is 0 Å². The number of carboxylic acids is 1. The summed E-state index contributed by atoms with van der Waals surface area (Å²) in [6.07, 6.45) is -0.491. The minimum atomic E-state index is -4.67. The second kappa shape index (κ2) is 7.34. The number of aliphatic carboxylic acids is 1. The summed E-state index contributed by atoms with van der Waals surface area (Å²) >= 11 is 0. The van der Waals surface area contributed by atoms with Gasteiger partial charge in [0.15, 0.2) is 0 Å². The van der Waals surface area contributed by atoms with Crippen molar-refractivity contribution in [3.8, 4) is 0 Å². The zero-order chi connectivity index (χ0) is 14.3. The van der Waals surface area contributed by atoms with Crippen molar-refractivity contribution in [1.82, 2.24) is 0 Å². The van der Waals surface area contributed by atoms with E-state index in [0.717, 1.165) is 13.0 Å². The number of carboxylic acid groups (broad SMARTS) is 1. The summed E-state index contributed by atoms with van der Waals surface area (Å²) < 4.78 is 60.3. The molecule has 0 saturated heterocycles. The molecule has 0 bridgehead atoms. The normalized spacial score (nSPS) is 13.1. The van der Waals surface area contributed by atoms with Crippen LogP contribution in [-0.2, 0) is 29.5 Å². The SMILES string of the molecule is C=CC(=O)O.CC(CS(=O)(=O)O)OS(=O)(=O)O. The fourth-order valence-corrected chi connectivity index (χ4v) is 1.76. The van der Waals surface area contributed by atoms with E-state index in [1.807, 2.05) is 0 Å². The molecule has 0 aliphatic carbocycles. The molecule has 0 saturated carbocycles. The van der Waals surface area contributed by atoms with Crippen LogP contribution in [0.15, 0.2) is 12.7 Å². The Morgan fingerprint density at radius 2 is 1.71 bits per heavy atom. The summed E-state index contributed by atoms with van der Waals surface area (Å²) in [6, 6.07) is 0. The summed E-state index contributed by atoms with van der Waals surface area (Å²) in [5.41, 5.74) is 0. The Kier molecular flexibility index (Phi) is 7.93. The van der Waals surface area contributed by atoms with Crippen LogP contribution in [0.25, 0.3) is 0 Å². The van der Waals surface area contributed by atoms with E-state index in [-0.39, 0.29) is 0 Å². The van der Waals surface area contributed by atoms with Crippen molar-refractivity contribution < 1.29 is 40.0 Å². The van der Waals surface area contributed by atoms with Gasteiger partial charge in [0.25, 0.3) is 10.1 Å². The zero-order valence-electron chi connectivity index (χ0n) is 8.68. The van der Waals surface area contributed by atoms with Crippen LogP contribution in [0.2, 0.25) is 0 Å². The Morgan fingerprint density at radius 1 is 1.35 bits per heavy atom. The minimum Gasteiger partial charge on any atom is -0.478 e. The predicted molar refractivity (Wildman–Crippen MR) is 56.3 cm³/mol. The van der Waals surface area contributed by atoms with Crippen LogP contribution in [0.4, 0.5) is 0 Å². The third-order valence-corrected chi connectivity index (χ3v) is 2.37. The first kappa shape index (κ1) is 18.4. The maximum Gasteiger partial charge on any atom is 0.397 e. The molecule has 0 aliphatic rings. The Labute approximate surface area is 98.4 Å². The van der Waals surface area contributed by atoms with Crippen molar-refractivity contribution in [2.45, 2.75) is 13.0 Å². The van der Waals surface area contributed by atoms with Gasteiger partial charge in [0, 0.05) is 6.08 Å². The molecule has 11 heteroatoms. The predicted octanol–water partition coefficient (Wildman–Crippen LogP) is -0.661. The molecule has 9 nitrogen and oxygen atoms in total. The topological polar surface area (TPSA) is 155 Å². The van der Waals surface area contributed by atoms with Gasteiger partial charge >= 0.3 is 16.4 Å². The molecule has 0 aromatic heterocycles. The van der Waals surface area contributed by atoms with Crippen LogP contribution in [0.3, 0.4) is 0 Å². The number of rotatable bonds is 5. The average Bonchev–Trinajstić information content (AvgIpc) is 1.97. The third kappa shape index (κ3) is 20.9. The lowest BCUT2D eigenvalue weighted by Gasteiger charge is -2.06. The van der Waals surface area contributed by atoms with Gasteiger partial charge in [-0.15, -0.1) is 0 Å². The highest BCUT2D eigenvalue weighted by Gasteiger charge is 2.18. The third-order valence-electron chi connectivity index (χ3n) is 0.906. The van der Waals surface area contributed by atoms with Crippen molar-refractivity contribution in [3.05, 3.63) is 12.7 Å². The van der Waals surface area contributed by atoms with Gasteiger partial charge in [-0.3, -0.25) is 9.11 Å². The second-order valence-electron chi connectivity index (χ2n) is 2.63. The summed E-state index contributed by atoms with van der Waals surface area (Å²) in [6.45, 7) is 4.03. The van der Waals surface area contributed by atoms with Gasteiger partial charge in [0.1, 0.15) is 5.75 Å². The first-order chi connectivity index (χ1) is 7.37. The van der Waals surface area contributed by atoms with Crippen molar-refractivity contribution >= 4 is 26.5 Å². The van der Waals surface area contributed by atoms with Crippen LogP contribution >= 0.6 is 0 Å². The van der Waals surface area contributed by atoms with E-state index >= 15 is 0 Å². The van der Waals surface area contributed by atoms with Crippen LogP contribution in [-0.4, -0.2) is 48.9 Å². The fraction of sp³-hybridized carbons (Fsp3) is 0.500. The number of carbonyl (C=O) groups is 1. The summed E-state index contributed by atoms with van der Waals surface area (Å²) in [5, 5.41) is 7.60. The quantitative estimate of drug-likeness (QED) is 0.442. The van der Waals surface area contributed by atoms with E-state index in [9.17, 15) is 21.6 Å². The highest BCUT2D eigenvalue weighted by Crippen LogP contribution is 1.99. The number of hydrogen-bond acceptors (Lipinski definition) is 6. The molecule has 0 amide bonds. The zero-order valence-corrected chi connectivity index (χ0v) is 10.3. The lowest BCUT2D eigenvalue weighted by atomic mass is 10.5. The molecule has 0 rings (SSSR count). The molecular weight excluding hydrogens is 280 g/mol. The molecule has 0 aromatic rings. The second-order valence-corrected chi connectivity index (χ2v) is 5.17. The molecule has 17 heavy (non-hydrogen) atoms. The maximum atomic E-state index is 10.1. The molecule has 3 N–H and O–H groups in total. The molecule has 0 fully saturated rings. The van der Waals surface area contributed by atoms with Gasteiger partial charge in [-0.2, -0.15) is 16.8 Å². The largest absolute Gasteiger partial charge is 0.478 e. The molecule has 1 unspecified atom stereocenters. The summed E-state index contributed by atoms with van der Waals surface area (Å²) in [4.78, 5) is 9.25. The molecule has 102 valence electrons.